The first-order chi connectivity index (χ1) is 10.2. The van der Waals surface area contributed by atoms with Gasteiger partial charge in [0, 0.05) is 11.8 Å². The van der Waals surface area contributed by atoms with Gasteiger partial charge in [0.25, 0.3) is 10.0 Å². The van der Waals surface area contributed by atoms with Crippen molar-refractivity contribution in [2.45, 2.75) is 9.79 Å². The van der Waals surface area contributed by atoms with E-state index in [0.717, 1.165) is 6.26 Å². The third-order valence-electron chi connectivity index (χ3n) is 2.84. The largest absolute Gasteiger partial charge is 0.280 e. The normalized spacial score (nSPS) is 11.6. The SMILES string of the molecule is C#Cc1cccc(NS(=O)(=O)c2ccc(S(C)(=O)=O)cc2)c1. The Balaban J connectivity index is 2.33. The molecule has 22 heavy (non-hydrogen) atoms. The molecule has 5 nitrogen and oxygen atoms in total. The van der Waals surface area contributed by atoms with E-state index in [2.05, 4.69) is 10.6 Å². The molecule has 1 N–H and O–H groups in total. The van der Waals surface area contributed by atoms with Gasteiger partial charge in [-0.3, -0.25) is 4.72 Å². The van der Waals surface area contributed by atoms with Crippen molar-refractivity contribution in [2.24, 2.45) is 0 Å². The van der Waals surface area contributed by atoms with Crippen molar-refractivity contribution in [3.8, 4) is 12.3 Å². The van der Waals surface area contributed by atoms with E-state index < -0.39 is 19.9 Å². The third kappa shape index (κ3) is 3.67. The number of terminal acetylenes is 1. The summed E-state index contributed by atoms with van der Waals surface area (Å²) in [6.07, 6.45) is 6.32. The molecule has 7 heteroatoms. The maximum absolute atomic E-state index is 12.2. The van der Waals surface area contributed by atoms with Crippen molar-refractivity contribution in [3.05, 3.63) is 54.1 Å². The number of hydrogen-bond acceptors (Lipinski definition) is 4. The highest BCUT2D eigenvalue weighted by Gasteiger charge is 2.15. The van der Waals surface area contributed by atoms with Crippen LogP contribution in [0.15, 0.2) is 58.3 Å². The molecular formula is C15H13NO4S2. The highest BCUT2D eigenvalue weighted by molar-refractivity contribution is 7.92. The van der Waals surface area contributed by atoms with Crippen LogP contribution < -0.4 is 4.72 Å². The van der Waals surface area contributed by atoms with E-state index in [4.69, 9.17) is 6.42 Å². The first-order valence-corrected chi connectivity index (χ1v) is 9.49. The van der Waals surface area contributed by atoms with E-state index in [9.17, 15) is 16.8 Å². The zero-order chi connectivity index (χ0) is 16.4. The minimum Gasteiger partial charge on any atom is -0.280 e. The smallest absolute Gasteiger partial charge is 0.261 e. The fourth-order valence-corrected chi connectivity index (χ4v) is 3.43. The van der Waals surface area contributed by atoms with Gasteiger partial charge in [-0.05, 0) is 42.5 Å². The standard InChI is InChI=1S/C15H13NO4S2/c1-3-12-5-4-6-13(11-12)16-22(19,20)15-9-7-14(8-10-15)21(2,17)18/h1,4-11,16H,2H3. The van der Waals surface area contributed by atoms with Gasteiger partial charge in [-0.15, -0.1) is 6.42 Å². The van der Waals surface area contributed by atoms with Gasteiger partial charge < -0.3 is 0 Å². The van der Waals surface area contributed by atoms with Gasteiger partial charge in [0.05, 0.1) is 15.5 Å². The first-order valence-electron chi connectivity index (χ1n) is 6.12. The van der Waals surface area contributed by atoms with Gasteiger partial charge in [-0.1, -0.05) is 12.0 Å². The molecule has 0 radical (unpaired) electrons. The average molecular weight is 335 g/mol. The lowest BCUT2D eigenvalue weighted by atomic mass is 10.2. The second-order valence-electron chi connectivity index (χ2n) is 4.57. The van der Waals surface area contributed by atoms with Crippen molar-refractivity contribution in [1.29, 1.82) is 0 Å². The molecule has 0 bridgehead atoms. The summed E-state index contributed by atoms with van der Waals surface area (Å²) in [5, 5.41) is 0. The number of sulfone groups is 1. The molecule has 0 aliphatic carbocycles. The molecule has 0 fully saturated rings. The van der Waals surface area contributed by atoms with Gasteiger partial charge in [-0.2, -0.15) is 0 Å². The van der Waals surface area contributed by atoms with Crippen LogP contribution in [0.2, 0.25) is 0 Å². The van der Waals surface area contributed by atoms with Crippen LogP contribution in [0.25, 0.3) is 0 Å². The Bertz CT molecular complexity index is 938. The summed E-state index contributed by atoms with van der Waals surface area (Å²) in [6.45, 7) is 0. The number of sulfonamides is 1. The van der Waals surface area contributed by atoms with Gasteiger partial charge in [0.15, 0.2) is 9.84 Å². The van der Waals surface area contributed by atoms with Crippen molar-refractivity contribution >= 4 is 25.5 Å². The van der Waals surface area contributed by atoms with Gasteiger partial charge in [-0.25, -0.2) is 16.8 Å². The number of rotatable bonds is 4. The molecule has 0 aliphatic heterocycles. The molecule has 114 valence electrons. The van der Waals surface area contributed by atoms with E-state index in [1.54, 1.807) is 18.2 Å². The first kappa shape index (κ1) is 16.1. The molecule has 0 saturated heterocycles. The summed E-state index contributed by atoms with van der Waals surface area (Å²) < 4.78 is 49.6. The quantitative estimate of drug-likeness (QED) is 0.865. The summed E-state index contributed by atoms with van der Waals surface area (Å²) in [6, 6.07) is 11.4. The van der Waals surface area contributed by atoms with E-state index in [1.165, 1.54) is 30.3 Å². The topological polar surface area (TPSA) is 80.3 Å². The Hall–Kier alpha value is -2.30. The molecule has 2 aromatic carbocycles. The summed E-state index contributed by atoms with van der Waals surface area (Å²) in [5.41, 5.74) is 0.885. The fraction of sp³-hybridized carbons (Fsp3) is 0.0667. The highest BCUT2D eigenvalue weighted by Crippen LogP contribution is 2.19. The van der Waals surface area contributed by atoms with Gasteiger partial charge in [0.1, 0.15) is 0 Å². The summed E-state index contributed by atoms with van der Waals surface area (Å²) in [7, 11) is -7.18. The lowest BCUT2D eigenvalue weighted by Gasteiger charge is -2.09. The molecule has 0 unspecified atom stereocenters. The van der Waals surface area contributed by atoms with Crippen LogP contribution >= 0.6 is 0 Å². The molecule has 0 spiro atoms. The predicted octanol–water partition coefficient (Wildman–Crippen LogP) is 1.87. The van der Waals surface area contributed by atoms with E-state index in [0.29, 0.717) is 11.3 Å². The number of hydrogen-bond donors (Lipinski definition) is 1. The third-order valence-corrected chi connectivity index (χ3v) is 5.37. The molecule has 2 rings (SSSR count). The Morgan fingerprint density at radius 2 is 1.55 bits per heavy atom. The summed E-state index contributed by atoms with van der Waals surface area (Å²) in [5.74, 6) is 2.42. The number of benzene rings is 2. The van der Waals surface area contributed by atoms with Gasteiger partial charge >= 0.3 is 0 Å². The zero-order valence-electron chi connectivity index (χ0n) is 11.6. The Labute approximate surface area is 130 Å². The molecule has 0 heterocycles. The minimum absolute atomic E-state index is 0.0361. The minimum atomic E-state index is -3.81. The van der Waals surface area contributed by atoms with Crippen LogP contribution in [-0.2, 0) is 19.9 Å². The van der Waals surface area contributed by atoms with Crippen molar-refractivity contribution < 1.29 is 16.8 Å². The van der Waals surface area contributed by atoms with E-state index in [1.807, 2.05) is 0 Å². The van der Waals surface area contributed by atoms with Crippen LogP contribution in [0.5, 0.6) is 0 Å². The van der Waals surface area contributed by atoms with E-state index in [-0.39, 0.29) is 9.79 Å². The monoisotopic (exact) mass is 335 g/mol. The number of nitrogens with one attached hydrogen (secondary N) is 1. The number of anilines is 1. The van der Waals surface area contributed by atoms with Crippen LogP contribution in [0.4, 0.5) is 5.69 Å². The van der Waals surface area contributed by atoms with Crippen molar-refractivity contribution in [2.75, 3.05) is 11.0 Å². The van der Waals surface area contributed by atoms with E-state index >= 15 is 0 Å². The molecule has 0 aliphatic rings. The van der Waals surface area contributed by atoms with Crippen molar-refractivity contribution in [3.63, 3.8) is 0 Å². The zero-order valence-corrected chi connectivity index (χ0v) is 13.3. The molecule has 0 aromatic heterocycles. The summed E-state index contributed by atoms with van der Waals surface area (Å²) >= 11 is 0. The highest BCUT2D eigenvalue weighted by atomic mass is 32.2. The Morgan fingerprint density at radius 1 is 0.955 bits per heavy atom. The average Bonchev–Trinajstić information content (AvgIpc) is 2.46. The predicted molar refractivity (Wildman–Crippen MR) is 84.7 cm³/mol. The van der Waals surface area contributed by atoms with Crippen molar-refractivity contribution in [1.82, 2.24) is 0 Å². The lowest BCUT2D eigenvalue weighted by Crippen LogP contribution is -2.13. The molecule has 0 atom stereocenters. The van der Waals surface area contributed by atoms with Gasteiger partial charge in [0.2, 0.25) is 0 Å². The molecule has 2 aromatic rings. The van der Waals surface area contributed by atoms with Crippen LogP contribution in [0.3, 0.4) is 0 Å². The summed E-state index contributed by atoms with van der Waals surface area (Å²) in [4.78, 5) is 0.0202. The van der Waals surface area contributed by atoms with Crippen LogP contribution in [-0.4, -0.2) is 23.1 Å². The molecule has 0 amide bonds. The molecule has 0 saturated carbocycles. The Morgan fingerprint density at radius 3 is 2.09 bits per heavy atom. The lowest BCUT2D eigenvalue weighted by molar-refractivity contribution is 0.597. The second-order valence-corrected chi connectivity index (χ2v) is 8.27. The second kappa shape index (κ2) is 5.83. The van der Waals surface area contributed by atoms with Crippen LogP contribution in [0.1, 0.15) is 5.56 Å². The maximum atomic E-state index is 12.2. The molecular weight excluding hydrogens is 322 g/mol. The Kier molecular flexibility index (Phi) is 4.26. The maximum Gasteiger partial charge on any atom is 0.261 e. The fourth-order valence-electron chi connectivity index (χ4n) is 1.75. The van der Waals surface area contributed by atoms with Crippen LogP contribution in [0, 0.1) is 12.3 Å².